The van der Waals surface area contributed by atoms with E-state index in [2.05, 4.69) is 56.9 Å². The van der Waals surface area contributed by atoms with Crippen LogP contribution in [0.1, 0.15) is 63.6 Å². The van der Waals surface area contributed by atoms with Crippen molar-refractivity contribution >= 4 is 0 Å². The van der Waals surface area contributed by atoms with Gasteiger partial charge in [0.25, 0.3) is 0 Å². The van der Waals surface area contributed by atoms with Crippen LogP contribution in [0.5, 0.6) is 0 Å². The van der Waals surface area contributed by atoms with Gasteiger partial charge in [0, 0.05) is 25.2 Å². The Morgan fingerprint density at radius 2 is 1.90 bits per heavy atom. The second kappa shape index (κ2) is 6.73. The molecule has 1 unspecified atom stereocenters. The van der Waals surface area contributed by atoms with Crippen molar-refractivity contribution in [2.75, 3.05) is 13.1 Å². The zero-order chi connectivity index (χ0) is 14.7. The Morgan fingerprint density at radius 3 is 2.40 bits per heavy atom. The zero-order valence-electron chi connectivity index (χ0n) is 13.5. The van der Waals surface area contributed by atoms with E-state index in [1.807, 2.05) is 0 Å². The lowest BCUT2D eigenvalue weighted by atomic mass is 9.98. The molecule has 0 spiro atoms. The summed E-state index contributed by atoms with van der Waals surface area (Å²) < 4.78 is 0. The Kier molecular flexibility index (Phi) is 5.22. The average molecular weight is 274 g/mol. The van der Waals surface area contributed by atoms with Crippen LogP contribution in [0.25, 0.3) is 0 Å². The number of hydrogen-bond acceptors (Lipinski definition) is 2. The maximum atomic E-state index is 6.12. The first-order valence-corrected chi connectivity index (χ1v) is 8.08. The molecule has 2 N–H and O–H groups in total. The first-order chi connectivity index (χ1) is 9.52. The predicted octanol–water partition coefficient (Wildman–Crippen LogP) is 3.93. The number of hydrogen-bond donors (Lipinski definition) is 1. The summed E-state index contributed by atoms with van der Waals surface area (Å²) in [6.07, 6.45) is 2.72. The van der Waals surface area contributed by atoms with Gasteiger partial charge in [-0.2, -0.15) is 0 Å². The molecule has 2 heteroatoms. The van der Waals surface area contributed by atoms with Crippen molar-refractivity contribution in [1.29, 1.82) is 0 Å². The number of nitrogens with zero attached hydrogens (tertiary/aromatic N) is 1. The van der Waals surface area contributed by atoms with E-state index in [0.29, 0.717) is 24.5 Å². The van der Waals surface area contributed by atoms with Crippen LogP contribution < -0.4 is 5.73 Å². The Labute approximate surface area is 124 Å². The van der Waals surface area contributed by atoms with Crippen molar-refractivity contribution < 1.29 is 0 Å². The Morgan fingerprint density at radius 1 is 1.20 bits per heavy atom. The molecule has 112 valence electrons. The third kappa shape index (κ3) is 3.83. The first kappa shape index (κ1) is 15.5. The molecule has 0 aromatic heterocycles. The van der Waals surface area contributed by atoms with Crippen LogP contribution in [0.4, 0.5) is 0 Å². The summed E-state index contributed by atoms with van der Waals surface area (Å²) >= 11 is 0. The highest BCUT2D eigenvalue weighted by molar-refractivity contribution is 5.31. The molecule has 0 radical (unpaired) electrons. The fraction of sp³-hybridized carbons (Fsp3) is 0.667. The van der Waals surface area contributed by atoms with Gasteiger partial charge < -0.3 is 5.73 Å². The molecule has 0 aliphatic heterocycles. The molecular formula is C18H30N2. The molecule has 1 saturated carbocycles. The van der Waals surface area contributed by atoms with E-state index in [-0.39, 0.29) is 0 Å². The quantitative estimate of drug-likeness (QED) is 0.816. The Balaban J connectivity index is 2.22. The lowest BCUT2D eigenvalue weighted by Gasteiger charge is -2.36. The number of nitrogens with two attached hydrogens (primary N) is 1. The van der Waals surface area contributed by atoms with Gasteiger partial charge >= 0.3 is 0 Å². The molecule has 1 atom stereocenters. The smallest absolute Gasteiger partial charge is 0.0473 e. The van der Waals surface area contributed by atoms with Crippen molar-refractivity contribution in [3.63, 3.8) is 0 Å². The third-order valence-corrected chi connectivity index (χ3v) is 4.21. The van der Waals surface area contributed by atoms with Crippen molar-refractivity contribution in [3.8, 4) is 0 Å². The van der Waals surface area contributed by atoms with Gasteiger partial charge in [-0.15, -0.1) is 0 Å². The van der Waals surface area contributed by atoms with E-state index in [1.54, 1.807) is 0 Å². The second-order valence-corrected chi connectivity index (χ2v) is 6.88. The maximum absolute atomic E-state index is 6.12. The van der Waals surface area contributed by atoms with Crippen molar-refractivity contribution in [2.45, 2.75) is 58.5 Å². The van der Waals surface area contributed by atoms with Gasteiger partial charge in [0.1, 0.15) is 0 Å². The van der Waals surface area contributed by atoms with Gasteiger partial charge in [0.15, 0.2) is 0 Å². The summed E-state index contributed by atoms with van der Waals surface area (Å²) in [5.41, 5.74) is 9.02. The normalized spacial score (nSPS) is 17.2. The summed E-state index contributed by atoms with van der Waals surface area (Å²) in [6.45, 7) is 10.9. The second-order valence-electron chi connectivity index (χ2n) is 6.88. The monoisotopic (exact) mass is 274 g/mol. The fourth-order valence-electron chi connectivity index (χ4n) is 3.02. The molecule has 0 bridgehead atoms. The molecule has 0 heterocycles. The minimum absolute atomic E-state index is 0.344. The molecule has 1 aromatic rings. The van der Waals surface area contributed by atoms with Crippen LogP contribution in [0, 0.1) is 5.92 Å². The average Bonchev–Trinajstić information content (AvgIpc) is 3.22. The van der Waals surface area contributed by atoms with E-state index in [1.165, 1.54) is 24.0 Å². The van der Waals surface area contributed by atoms with Gasteiger partial charge in [0.05, 0.1) is 0 Å². The van der Waals surface area contributed by atoms with E-state index in [0.717, 1.165) is 12.5 Å². The van der Waals surface area contributed by atoms with E-state index >= 15 is 0 Å². The van der Waals surface area contributed by atoms with Gasteiger partial charge in [-0.3, -0.25) is 4.90 Å². The van der Waals surface area contributed by atoms with Crippen molar-refractivity contribution in [3.05, 3.63) is 35.4 Å². The van der Waals surface area contributed by atoms with Crippen LogP contribution in [0.2, 0.25) is 0 Å². The van der Waals surface area contributed by atoms with E-state index in [4.69, 9.17) is 5.73 Å². The summed E-state index contributed by atoms with van der Waals surface area (Å²) in [4.78, 5) is 2.55. The molecule has 1 fully saturated rings. The van der Waals surface area contributed by atoms with Crippen LogP contribution in [0.3, 0.4) is 0 Å². The molecule has 20 heavy (non-hydrogen) atoms. The Bertz CT molecular complexity index is 421. The minimum Gasteiger partial charge on any atom is -0.329 e. The highest BCUT2D eigenvalue weighted by atomic mass is 15.2. The SMILES string of the molecule is CC(C)CN(C(C)C)C(CN)c1cccc(C2CC2)c1. The Hall–Kier alpha value is -0.860. The van der Waals surface area contributed by atoms with Crippen molar-refractivity contribution in [1.82, 2.24) is 4.90 Å². The highest BCUT2D eigenvalue weighted by Crippen LogP contribution is 2.40. The molecule has 1 aliphatic rings. The van der Waals surface area contributed by atoms with Gasteiger partial charge in [-0.1, -0.05) is 38.1 Å². The van der Waals surface area contributed by atoms with Crippen LogP contribution in [-0.4, -0.2) is 24.0 Å². The minimum atomic E-state index is 0.344. The van der Waals surface area contributed by atoms with Gasteiger partial charge in [-0.05, 0) is 49.7 Å². The lowest BCUT2D eigenvalue weighted by molar-refractivity contribution is 0.138. The summed E-state index contributed by atoms with van der Waals surface area (Å²) in [5.74, 6) is 1.48. The van der Waals surface area contributed by atoms with E-state index in [9.17, 15) is 0 Å². The zero-order valence-corrected chi connectivity index (χ0v) is 13.5. The topological polar surface area (TPSA) is 29.3 Å². The standard InChI is InChI=1S/C18H30N2/c1-13(2)12-20(14(3)4)18(11-19)17-7-5-6-16(10-17)15-8-9-15/h5-7,10,13-15,18H,8-9,11-12,19H2,1-4H3. The fourth-order valence-corrected chi connectivity index (χ4v) is 3.02. The number of benzene rings is 1. The van der Waals surface area contributed by atoms with Gasteiger partial charge in [-0.25, -0.2) is 0 Å². The molecule has 2 nitrogen and oxygen atoms in total. The van der Waals surface area contributed by atoms with E-state index < -0.39 is 0 Å². The van der Waals surface area contributed by atoms with Crippen LogP contribution in [0.15, 0.2) is 24.3 Å². The third-order valence-electron chi connectivity index (χ3n) is 4.21. The van der Waals surface area contributed by atoms with Crippen LogP contribution >= 0.6 is 0 Å². The van der Waals surface area contributed by atoms with Crippen LogP contribution in [-0.2, 0) is 0 Å². The summed E-state index contributed by atoms with van der Waals surface area (Å²) in [7, 11) is 0. The molecule has 1 aliphatic carbocycles. The van der Waals surface area contributed by atoms with Crippen molar-refractivity contribution in [2.24, 2.45) is 11.7 Å². The molecular weight excluding hydrogens is 244 g/mol. The molecule has 0 saturated heterocycles. The number of rotatable bonds is 7. The highest BCUT2D eigenvalue weighted by Gasteiger charge is 2.26. The molecule has 1 aromatic carbocycles. The first-order valence-electron chi connectivity index (χ1n) is 8.08. The predicted molar refractivity (Wildman–Crippen MR) is 86.9 cm³/mol. The maximum Gasteiger partial charge on any atom is 0.0473 e. The molecule has 0 amide bonds. The largest absolute Gasteiger partial charge is 0.329 e. The summed E-state index contributed by atoms with van der Waals surface area (Å²) in [6, 6.07) is 9.99. The molecule has 2 rings (SSSR count). The lowest BCUT2D eigenvalue weighted by Crippen LogP contribution is -2.40. The summed E-state index contributed by atoms with van der Waals surface area (Å²) in [5, 5.41) is 0. The van der Waals surface area contributed by atoms with Gasteiger partial charge in [0.2, 0.25) is 0 Å².